The third kappa shape index (κ3) is 4.90. The molecule has 0 spiro atoms. The summed E-state index contributed by atoms with van der Waals surface area (Å²) in [4.78, 5) is 25.4. The zero-order chi connectivity index (χ0) is 17.5. The highest BCUT2D eigenvalue weighted by molar-refractivity contribution is 5.95. The maximum absolute atomic E-state index is 11.8. The Morgan fingerprint density at radius 3 is 2.48 bits per heavy atom. The summed E-state index contributed by atoms with van der Waals surface area (Å²) < 4.78 is 5.41. The Morgan fingerprint density at radius 2 is 1.80 bits per heavy atom. The van der Waals surface area contributed by atoms with Crippen LogP contribution in [-0.4, -0.2) is 25.0 Å². The van der Waals surface area contributed by atoms with Gasteiger partial charge in [-0.3, -0.25) is 9.59 Å². The minimum Gasteiger partial charge on any atom is -0.367 e. The Labute approximate surface area is 147 Å². The average Bonchev–Trinajstić information content (AvgIpc) is 3.07. The fourth-order valence-electron chi connectivity index (χ4n) is 2.80. The van der Waals surface area contributed by atoms with Gasteiger partial charge < -0.3 is 15.0 Å². The number of nitrogens with zero attached hydrogens (tertiary/aromatic N) is 1. The normalized spacial score (nSPS) is 13.9. The molecule has 1 N–H and O–H groups in total. The van der Waals surface area contributed by atoms with Gasteiger partial charge in [-0.25, -0.2) is 0 Å². The van der Waals surface area contributed by atoms with Gasteiger partial charge >= 0.3 is 0 Å². The molecule has 0 bridgehead atoms. The van der Waals surface area contributed by atoms with Gasteiger partial charge in [0.05, 0.1) is 6.61 Å². The second-order valence-electron chi connectivity index (χ2n) is 6.07. The van der Waals surface area contributed by atoms with Gasteiger partial charge in [0.2, 0.25) is 11.8 Å². The molecule has 1 aliphatic rings. The summed E-state index contributed by atoms with van der Waals surface area (Å²) in [7, 11) is 0. The number of carbonyl (C=O) groups excluding carboxylic acids is 2. The van der Waals surface area contributed by atoms with E-state index in [0.29, 0.717) is 19.6 Å². The summed E-state index contributed by atoms with van der Waals surface area (Å²) in [6.45, 7) is 1.69. The molecule has 2 aromatic rings. The third-order valence-electron chi connectivity index (χ3n) is 4.16. The number of ether oxygens (including phenoxy) is 1. The van der Waals surface area contributed by atoms with Gasteiger partial charge in [0.25, 0.3) is 0 Å². The second-order valence-corrected chi connectivity index (χ2v) is 6.07. The molecule has 5 heteroatoms. The molecule has 0 radical (unpaired) electrons. The van der Waals surface area contributed by atoms with Crippen LogP contribution in [0.5, 0.6) is 0 Å². The number of rotatable bonds is 7. The van der Waals surface area contributed by atoms with Gasteiger partial charge in [-0.05, 0) is 29.7 Å². The minimum atomic E-state index is -0.144. The number of amides is 2. The van der Waals surface area contributed by atoms with Crippen molar-refractivity contribution in [2.24, 2.45) is 0 Å². The average molecular weight is 338 g/mol. The quantitative estimate of drug-likeness (QED) is 0.844. The van der Waals surface area contributed by atoms with Crippen molar-refractivity contribution < 1.29 is 14.3 Å². The first kappa shape index (κ1) is 17.2. The zero-order valence-corrected chi connectivity index (χ0v) is 14.1. The second kappa shape index (κ2) is 8.44. The predicted octanol–water partition coefficient (Wildman–Crippen LogP) is 2.65. The van der Waals surface area contributed by atoms with Crippen LogP contribution in [0.2, 0.25) is 0 Å². The monoisotopic (exact) mass is 338 g/mol. The first-order chi connectivity index (χ1) is 12.2. The molecule has 0 unspecified atom stereocenters. The van der Waals surface area contributed by atoms with Crippen molar-refractivity contribution in [2.75, 3.05) is 18.1 Å². The van der Waals surface area contributed by atoms with E-state index in [9.17, 15) is 9.59 Å². The van der Waals surface area contributed by atoms with Crippen LogP contribution in [0, 0.1) is 0 Å². The Bertz CT molecular complexity index is 713. The van der Waals surface area contributed by atoms with Crippen molar-refractivity contribution in [1.29, 1.82) is 0 Å². The van der Waals surface area contributed by atoms with Crippen molar-refractivity contribution in [1.82, 2.24) is 5.32 Å². The van der Waals surface area contributed by atoms with E-state index in [4.69, 9.17) is 4.74 Å². The lowest BCUT2D eigenvalue weighted by atomic mass is 10.2. The van der Waals surface area contributed by atoms with Gasteiger partial charge in [0, 0.05) is 25.2 Å². The lowest BCUT2D eigenvalue weighted by molar-refractivity contribution is -0.126. The summed E-state index contributed by atoms with van der Waals surface area (Å²) in [5.41, 5.74) is 2.96. The maximum Gasteiger partial charge on any atom is 0.246 e. The molecule has 0 saturated carbocycles. The SMILES string of the molecule is O=C(COCc1ccccc1)NCc1ccc(N2CCCC2=O)cc1. The molecule has 0 aromatic heterocycles. The molecular formula is C20H22N2O3. The maximum atomic E-state index is 11.8. The Hall–Kier alpha value is -2.66. The molecule has 1 aliphatic heterocycles. The van der Waals surface area contributed by atoms with Gasteiger partial charge in [0.1, 0.15) is 6.61 Å². The summed E-state index contributed by atoms with van der Waals surface area (Å²) in [5.74, 6) is 0.0337. The summed E-state index contributed by atoms with van der Waals surface area (Å²) in [5, 5.41) is 2.84. The highest BCUT2D eigenvalue weighted by Crippen LogP contribution is 2.21. The molecule has 0 aliphatic carbocycles. The highest BCUT2D eigenvalue weighted by Gasteiger charge is 2.21. The Balaban J connectivity index is 1.40. The number of benzene rings is 2. The van der Waals surface area contributed by atoms with Gasteiger partial charge in [0.15, 0.2) is 0 Å². The van der Waals surface area contributed by atoms with Crippen LogP contribution in [0.3, 0.4) is 0 Å². The van der Waals surface area contributed by atoms with Crippen LogP contribution in [0.4, 0.5) is 5.69 Å². The molecule has 2 amide bonds. The molecule has 1 heterocycles. The molecule has 25 heavy (non-hydrogen) atoms. The van der Waals surface area contributed by atoms with Crippen molar-refractivity contribution in [3.8, 4) is 0 Å². The molecular weight excluding hydrogens is 316 g/mol. The lowest BCUT2D eigenvalue weighted by Gasteiger charge is -2.16. The molecule has 1 fully saturated rings. The van der Waals surface area contributed by atoms with Gasteiger partial charge in [-0.1, -0.05) is 42.5 Å². The summed E-state index contributed by atoms with van der Waals surface area (Å²) >= 11 is 0. The first-order valence-corrected chi connectivity index (χ1v) is 8.50. The van der Waals surface area contributed by atoms with E-state index in [1.165, 1.54) is 0 Å². The van der Waals surface area contributed by atoms with Crippen molar-refractivity contribution >= 4 is 17.5 Å². The van der Waals surface area contributed by atoms with E-state index in [1.807, 2.05) is 54.6 Å². The number of nitrogens with one attached hydrogen (secondary N) is 1. The van der Waals surface area contributed by atoms with E-state index >= 15 is 0 Å². The highest BCUT2D eigenvalue weighted by atomic mass is 16.5. The Kier molecular flexibility index (Phi) is 5.80. The number of hydrogen-bond donors (Lipinski definition) is 1. The van der Waals surface area contributed by atoms with Crippen LogP contribution in [0.25, 0.3) is 0 Å². The molecule has 3 rings (SSSR count). The fraction of sp³-hybridized carbons (Fsp3) is 0.300. The third-order valence-corrected chi connectivity index (χ3v) is 4.16. The number of carbonyl (C=O) groups is 2. The van der Waals surface area contributed by atoms with Crippen LogP contribution < -0.4 is 10.2 Å². The molecule has 130 valence electrons. The van der Waals surface area contributed by atoms with Gasteiger partial charge in [-0.15, -0.1) is 0 Å². The van der Waals surface area contributed by atoms with Crippen LogP contribution in [0.15, 0.2) is 54.6 Å². The van der Waals surface area contributed by atoms with E-state index in [0.717, 1.165) is 29.8 Å². The van der Waals surface area contributed by atoms with Crippen molar-refractivity contribution in [3.63, 3.8) is 0 Å². The van der Waals surface area contributed by atoms with Crippen LogP contribution >= 0.6 is 0 Å². The molecule has 2 aromatic carbocycles. The van der Waals surface area contributed by atoms with Gasteiger partial charge in [-0.2, -0.15) is 0 Å². The zero-order valence-electron chi connectivity index (χ0n) is 14.1. The first-order valence-electron chi connectivity index (χ1n) is 8.50. The predicted molar refractivity (Wildman–Crippen MR) is 96.0 cm³/mol. The fourth-order valence-corrected chi connectivity index (χ4v) is 2.80. The van der Waals surface area contributed by atoms with Crippen molar-refractivity contribution in [2.45, 2.75) is 26.0 Å². The largest absolute Gasteiger partial charge is 0.367 e. The lowest BCUT2D eigenvalue weighted by Crippen LogP contribution is -2.27. The smallest absolute Gasteiger partial charge is 0.246 e. The number of hydrogen-bond acceptors (Lipinski definition) is 3. The van der Waals surface area contributed by atoms with E-state index < -0.39 is 0 Å². The van der Waals surface area contributed by atoms with E-state index in [2.05, 4.69) is 5.32 Å². The number of anilines is 1. The standard InChI is InChI=1S/C20H22N2O3/c23-19(15-25-14-17-5-2-1-3-6-17)21-13-16-8-10-18(11-9-16)22-12-4-7-20(22)24/h1-3,5-6,8-11H,4,7,12-15H2,(H,21,23). The molecule has 1 saturated heterocycles. The molecule has 0 atom stereocenters. The topological polar surface area (TPSA) is 58.6 Å². The minimum absolute atomic E-state index is 0.0370. The van der Waals surface area contributed by atoms with E-state index in [1.54, 1.807) is 4.90 Å². The summed E-state index contributed by atoms with van der Waals surface area (Å²) in [6.07, 6.45) is 1.54. The van der Waals surface area contributed by atoms with Crippen LogP contribution in [-0.2, 0) is 27.5 Å². The van der Waals surface area contributed by atoms with E-state index in [-0.39, 0.29) is 18.4 Å². The summed E-state index contributed by atoms with van der Waals surface area (Å²) in [6, 6.07) is 17.5. The van der Waals surface area contributed by atoms with Crippen molar-refractivity contribution in [3.05, 3.63) is 65.7 Å². The Morgan fingerprint density at radius 1 is 1.04 bits per heavy atom. The molecule has 5 nitrogen and oxygen atoms in total. The van der Waals surface area contributed by atoms with Crippen LogP contribution in [0.1, 0.15) is 24.0 Å².